The molecule has 1 spiro atoms. The molecule has 2 saturated heterocycles. The summed E-state index contributed by atoms with van der Waals surface area (Å²) in [6, 6.07) is 2.75. The summed E-state index contributed by atoms with van der Waals surface area (Å²) in [6.07, 6.45) is 4.91. The minimum absolute atomic E-state index is 0.189. The standard InChI is InChI=1S/C16H25NOS2/c1-12-4-8-20-15(12)14(17-2)13-3-7-18-16(11-13)5-9-19-10-6-16/h4,8,13-14,17H,3,5-7,9-11H2,1-2H3. The lowest BCUT2D eigenvalue weighted by atomic mass is 9.78. The second kappa shape index (κ2) is 6.39. The normalized spacial score (nSPS) is 27.6. The molecule has 0 saturated carbocycles. The first kappa shape index (κ1) is 14.9. The van der Waals surface area contributed by atoms with Gasteiger partial charge in [-0.2, -0.15) is 11.8 Å². The van der Waals surface area contributed by atoms with Gasteiger partial charge in [0.05, 0.1) is 5.60 Å². The average molecular weight is 312 g/mol. The SMILES string of the molecule is CNC(c1sccc1C)C1CCOC2(CCSCC2)C1. The van der Waals surface area contributed by atoms with Gasteiger partial charge in [0.15, 0.2) is 0 Å². The highest BCUT2D eigenvalue weighted by Crippen LogP contribution is 2.44. The fraction of sp³-hybridized carbons (Fsp3) is 0.750. The fourth-order valence-electron chi connectivity index (χ4n) is 3.73. The highest BCUT2D eigenvalue weighted by atomic mass is 32.2. The zero-order valence-corrected chi connectivity index (χ0v) is 14.1. The van der Waals surface area contributed by atoms with Gasteiger partial charge in [-0.15, -0.1) is 11.3 Å². The maximum atomic E-state index is 6.24. The van der Waals surface area contributed by atoms with Gasteiger partial charge in [0, 0.05) is 17.5 Å². The van der Waals surface area contributed by atoms with Gasteiger partial charge >= 0.3 is 0 Å². The monoisotopic (exact) mass is 311 g/mol. The van der Waals surface area contributed by atoms with Crippen molar-refractivity contribution in [1.29, 1.82) is 0 Å². The van der Waals surface area contributed by atoms with Crippen LogP contribution in [0.2, 0.25) is 0 Å². The Morgan fingerprint density at radius 2 is 2.20 bits per heavy atom. The summed E-state index contributed by atoms with van der Waals surface area (Å²) in [5.41, 5.74) is 1.63. The van der Waals surface area contributed by atoms with Gasteiger partial charge in [-0.1, -0.05) is 0 Å². The molecule has 2 aliphatic heterocycles. The fourth-order valence-corrected chi connectivity index (χ4v) is 6.09. The first-order valence-corrected chi connectivity index (χ1v) is 9.70. The number of ether oxygens (including phenoxy) is 1. The van der Waals surface area contributed by atoms with Crippen LogP contribution in [0, 0.1) is 12.8 Å². The Hall–Kier alpha value is -0.0300. The van der Waals surface area contributed by atoms with E-state index in [1.807, 2.05) is 11.3 Å². The van der Waals surface area contributed by atoms with Crippen LogP contribution in [-0.4, -0.2) is 30.8 Å². The van der Waals surface area contributed by atoms with Crippen LogP contribution in [0.15, 0.2) is 11.4 Å². The Morgan fingerprint density at radius 3 is 2.85 bits per heavy atom. The Labute approximate surface area is 130 Å². The van der Waals surface area contributed by atoms with Gasteiger partial charge in [-0.3, -0.25) is 0 Å². The first-order chi connectivity index (χ1) is 9.74. The molecule has 0 bridgehead atoms. The molecule has 0 aliphatic carbocycles. The second-order valence-electron chi connectivity index (χ2n) is 6.13. The van der Waals surface area contributed by atoms with Crippen LogP contribution in [0.3, 0.4) is 0 Å². The number of aryl methyl sites for hydroxylation is 1. The summed E-state index contributed by atoms with van der Waals surface area (Å²) in [5, 5.41) is 5.81. The van der Waals surface area contributed by atoms with Crippen LogP contribution in [-0.2, 0) is 4.74 Å². The van der Waals surface area contributed by atoms with E-state index in [1.165, 1.54) is 47.6 Å². The van der Waals surface area contributed by atoms with E-state index in [4.69, 9.17) is 4.74 Å². The van der Waals surface area contributed by atoms with E-state index in [2.05, 4.69) is 42.5 Å². The number of hydrogen-bond acceptors (Lipinski definition) is 4. The Kier molecular flexibility index (Phi) is 4.75. The minimum atomic E-state index is 0.189. The van der Waals surface area contributed by atoms with Gasteiger partial charge < -0.3 is 10.1 Å². The van der Waals surface area contributed by atoms with Crippen molar-refractivity contribution in [3.8, 4) is 0 Å². The van der Waals surface area contributed by atoms with Crippen LogP contribution in [0.4, 0.5) is 0 Å². The lowest BCUT2D eigenvalue weighted by molar-refractivity contribution is -0.107. The highest BCUT2D eigenvalue weighted by molar-refractivity contribution is 7.99. The number of rotatable bonds is 3. The molecule has 2 aliphatic rings. The number of thiophene rings is 1. The molecule has 2 unspecified atom stereocenters. The molecule has 4 heteroatoms. The van der Waals surface area contributed by atoms with Crippen molar-refractivity contribution in [3.05, 3.63) is 21.9 Å². The van der Waals surface area contributed by atoms with Crippen LogP contribution in [0.25, 0.3) is 0 Å². The van der Waals surface area contributed by atoms with Gasteiger partial charge in [0.1, 0.15) is 0 Å². The van der Waals surface area contributed by atoms with Crippen LogP contribution in [0.1, 0.15) is 42.2 Å². The zero-order valence-electron chi connectivity index (χ0n) is 12.5. The van der Waals surface area contributed by atoms with E-state index in [9.17, 15) is 0 Å². The van der Waals surface area contributed by atoms with Crippen LogP contribution in [0.5, 0.6) is 0 Å². The molecule has 2 nitrogen and oxygen atoms in total. The molecule has 3 rings (SSSR count). The van der Waals surface area contributed by atoms with Crippen molar-refractivity contribution in [1.82, 2.24) is 5.32 Å². The third-order valence-corrected chi connectivity index (χ3v) is 6.99. The maximum absolute atomic E-state index is 6.24. The van der Waals surface area contributed by atoms with E-state index in [-0.39, 0.29) is 5.60 Å². The first-order valence-electron chi connectivity index (χ1n) is 7.67. The van der Waals surface area contributed by atoms with Crippen molar-refractivity contribution >= 4 is 23.1 Å². The van der Waals surface area contributed by atoms with Gasteiger partial charge in [0.25, 0.3) is 0 Å². The molecule has 112 valence electrons. The third kappa shape index (κ3) is 2.94. The molecule has 0 amide bonds. The number of hydrogen-bond donors (Lipinski definition) is 1. The summed E-state index contributed by atoms with van der Waals surface area (Å²) in [6.45, 7) is 3.18. The van der Waals surface area contributed by atoms with Crippen molar-refractivity contribution in [2.45, 2.75) is 44.2 Å². The van der Waals surface area contributed by atoms with E-state index in [1.54, 1.807) is 0 Å². The van der Waals surface area contributed by atoms with Crippen LogP contribution < -0.4 is 5.32 Å². The van der Waals surface area contributed by atoms with Crippen molar-refractivity contribution in [2.75, 3.05) is 25.2 Å². The molecule has 1 aromatic heterocycles. The summed E-state index contributed by atoms with van der Waals surface area (Å²) in [4.78, 5) is 1.53. The van der Waals surface area contributed by atoms with Gasteiger partial charge in [-0.05, 0) is 74.1 Å². The van der Waals surface area contributed by atoms with Gasteiger partial charge in [-0.25, -0.2) is 0 Å². The lowest BCUT2D eigenvalue weighted by Crippen LogP contribution is -2.45. The lowest BCUT2D eigenvalue weighted by Gasteiger charge is -2.45. The Bertz CT molecular complexity index is 434. The number of nitrogens with one attached hydrogen (secondary N) is 1. The minimum Gasteiger partial charge on any atom is -0.375 e. The Morgan fingerprint density at radius 1 is 1.40 bits per heavy atom. The summed E-state index contributed by atoms with van der Waals surface area (Å²) >= 11 is 3.99. The largest absolute Gasteiger partial charge is 0.375 e. The molecule has 3 heterocycles. The Balaban J connectivity index is 1.76. The number of thioether (sulfide) groups is 1. The predicted octanol–water partition coefficient (Wildman–Crippen LogP) is 4.01. The summed E-state index contributed by atoms with van der Waals surface area (Å²) in [5.74, 6) is 3.26. The van der Waals surface area contributed by atoms with Gasteiger partial charge in [0.2, 0.25) is 0 Å². The molecule has 1 aromatic rings. The van der Waals surface area contributed by atoms with E-state index >= 15 is 0 Å². The third-order valence-electron chi connectivity index (χ3n) is 4.90. The average Bonchev–Trinajstić information content (AvgIpc) is 2.87. The summed E-state index contributed by atoms with van der Waals surface area (Å²) < 4.78 is 6.24. The maximum Gasteiger partial charge on any atom is 0.0701 e. The predicted molar refractivity (Wildman–Crippen MR) is 88.8 cm³/mol. The molecule has 0 radical (unpaired) electrons. The summed E-state index contributed by atoms with van der Waals surface area (Å²) in [7, 11) is 2.11. The van der Waals surface area contributed by atoms with E-state index in [0.29, 0.717) is 12.0 Å². The van der Waals surface area contributed by atoms with Crippen molar-refractivity contribution < 1.29 is 4.74 Å². The van der Waals surface area contributed by atoms with E-state index in [0.717, 1.165) is 6.61 Å². The highest BCUT2D eigenvalue weighted by Gasteiger charge is 2.41. The molecular weight excluding hydrogens is 286 g/mol. The van der Waals surface area contributed by atoms with Crippen LogP contribution >= 0.6 is 23.1 Å². The molecule has 2 atom stereocenters. The molecular formula is C16H25NOS2. The second-order valence-corrected chi connectivity index (χ2v) is 8.30. The van der Waals surface area contributed by atoms with Crippen molar-refractivity contribution in [2.24, 2.45) is 5.92 Å². The molecule has 1 N–H and O–H groups in total. The quantitative estimate of drug-likeness (QED) is 0.911. The van der Waals surface area contributed by atoms with E-state index < -0.39 is 0 Å². The topological polar surface area (TPSA) is 21.3 Å². The van der Waals surface area contributed by atoms with Crippen molar-refractivity contribution in [3.63, 3.8) is 0 Å². The smallest absolute Gasteiger partial charge is 0.0701 e. The molecule has 2 fully saturated rings. The molecule has 0 aromatic carbocycles. The zero-order chi connectivity index (χ0) is 14.0. The molecule has 20 heavy (non-hydrogen) atoms.